The predicted molar refractivity (Wildman–Crippen MR) is 72.0 cm³/mol. The highest BCUT2D eigenvalue weighted by molar-refractivity contribution is 5.59. The van der Waals surface area contributed by atoms with Crippen molar-refractivity contribution in [3.05, 3.63) is 46.0 Å². The van der Waals surface area contributed by atoms with Crippen LogP contribution in [0.4, 0.5) is 11.4 Å². The minimum Gasteiger partial charge on any atom is -0.382 e. The molecule has 0 spiro atoms. The summed E-state index contributed by atoms with van der Waals surface area (Å²) in [5.74, 6) is 0. The monoisotopic (exact) mass is 250 g/mol. The van der Waals surface area contributed by atoms with Gasteiger partial charge in [-0.2, -0.15) is 0 Å². The Bertz CT molecular complexity index is 444. The summed E-state index contributed by atoms with van der Waals surface area (Å²) in [6, 6.07) is 4.99. The number of ether oxygens (including phenoxy) is 1. The first kappa shape index (κ1) is 14.2. The quantitative estimate of drug-likeness (QED) is 0.350. The second-order valence-corrected chi connectivity index (χ2v) is 4.14. The molecular weight excluding hydrogens is 232 g/mol. The van der Waals surface area contributed by atoms with Crippen LogP contribution in [0, 0.1) is 17.0 Å². The van der Waals surface area contributed by atoms with E-state index in [2.05, 4.69) is 11.9 Å². The molecule has 0 fully saturated rings. The second-order valence-electron chi connectivity index (χ2n) is 4.14. The third-order valence-electron chi connectivity index (χ3n) is 2.41. The molecule has 0 radical (unpaired) electrons. The van der Waals surface area contributed by atoms with Crippen molar-refractivity contribution in [2.24, 2.45) is 0 Å². The van der Waals surface area contributed by atoms with Crippen LogP contribution in [0.5, 0.6) is 0 Å². The Hall–Kier alpha value is -1.88. The van der Waals surface area contributed by atoms with Crippen LogP contribution in [0.2, 0.25) is 0 Å². The summed E-state index contributed by atoms with van der Waals surface area (Å²) in [5.41, 5.74) is 2.51. The highest BCUT2D eigenvalue weighted by Crippen LogP contribution is 2.24. The molecule has 0 atom stereocenters. The lowest BCUT2D eigenvalue weighted by Gasteiger charge is -2.10. The highest BCUT2D eigenvalue weighted by atomic mass is 16.6. The van der Waals surface area contributed by atoms with Gasteiger partial charge >= 0.3 is 0 Å². The topological polar surface area (TPSA) is 64.4 Å². The standard InChI is InChI=1S/C13H18N2O3/c1-10(2)9-18-8-7-14-12-5-4-6-13(11(12)3)15(16)17/h4-6,14H,1,7-9H2,2-3H3. The van der Waals surface area contributed by atoms with Crippen molar-refractivity contribution in [2.45, 2.75) is 13.8 Å². The van der Waals surface area contributed by atoms with Crippen LogP contribution in [0.25, 0.3) is 0 Å². The molecule has 0 aromatic heterocycles. The predicted octanol–water partition coefficient (Wildman–Crippen LogP) is 2.91. The smallest absolute Gasteiger partial charge is 0.274 e. The minimum absolute atomic E-state index is 0.128. The summed E-state index contributed by atoms with van der Waals surface area (Å²) in [4.78, 5) is 10.4. The fourth-order valence-corrected chi connectivity index (χ4v) is 1.52. The summed E-state index contributed by atoms with van der Waals surface area (Å²) in [6.45, 7) is 9.05. The maximum Gasteiger partial charge on any atom is 0.274 e. The lowest BCUT2D eigenvalue weighted by Crippen LogP contribution is -2.11. The van der Waals surface area contributed by atoms with E-state index in [4.69, 9.17) is 4.74 Å². The Kier molecular flexibility index (Phi) is 5.32. The molecular formula is C13H18N2O3. The first-order valence-electron chi connectivity index (χ1n) is 5.72. The molecule has 5 nitrogen and oxygen atoms in total. The van der Waals surface area contributed by atoms with Crippen molar-refractivity contribution < 1.29 is 9.66 Å². The molecule has 0 aliphatic carbocycles. The van der Waals surface area contributed by atoms with Crippen LogP contribution in [-0.4, -0.2) is 24.7 Å². The van der Waals surface area contributed by atoms with Gasteiger partial charge in [0, 0.05) is 23.9 Å². The zero-order valence-corrected chi connectivity index (χ0v) is 10.7. The van der Waals surface area contributed by atoms with Crippen molar-refractivity contribution >= 4 is 11.4 Å². The van der Waals surface area contributed by atoms with E-state index in [0.29, 0.717) is 25.3 Å². The molecule has 0 heterocycles. The molecule has 18 heavy (non-hydrogen) atoms. The first-order valence-corrected chi connectivity index (χ1v) is 5.72. The van der Waals surface area contributed by atoms with Gasteiger partial charge in [0.2, 0.25) is 0 Å². The van der Waals surface area contributed by atoms with E-state index in [0.717, 1.165) is 11.3 Å². The molecule has 0 saturated carbocycles. The maximum atomic E-state index is 10.8. The van der Waals surface area contributed by atoms with Crippen molar-refractivity contribution in [3.63, 3.8) is 0 Å². The fourth-order valence-electron chi connectivity index (χ4n) is 1.52. The Morgan fingerprint density at radius 2 is 2.28 bits per heavy atom. The van der Waals surface area contributed by atoms with Gasteiger partial charge in [-0.25, -0.2) is 0 Å². The molecule has 0 unspecified atom stereocenters. The van der Waals surface area contributed by atoms with Gasteiger partial charge in [-0.05, 0) is 19.9 Å². The van der Waals surface area contributed by atoms with E-state index < -0.39 is 0 Å². The average molecular weight is 250 g/mol. The number of nitro benzene ring substituents is 1. The Balaban J connectivity index is 2.50. The number of rotatable bonds is 7. The molecule has 5 heteroatoms. The molecule has 0 aliphatic rings. The van der Waals surface area contributed by atoms with E-state index in [-0.39, 0.29) is 10.6 Å². The van der Waals surface area contributed by atoms with Crippen LogP contribution >= 0.6 is 0 Å². The van der Waals surface area contributed by atoms with E-state index in [1.54, 1.807) is 13.0 Å². The molecule has 0 amide bonds. The van der Waals surface area contributed by atoms with Crippen LogP contribution in [0.15, 0.2) is 30.4 Å². The van der Waals surface area contributed by atoms with Gasteiger partial charge < -0.3 is 10.1 Å². The Morgan fingerprint density at radius 3 is 2.89 bits per heavy atom. The maximum absolute atomic E-state index is 10.8. The zero-order chi connectivity index (χ0) is 13.5. The van der Waals surface area contributed by atoms with Gasteiger partial charge in [0.05, 0.1) is 18.1 Å². The number of nitrogens with zero attached hydrogens (tertiary/aromatic N) is 1. The van der Waals surface area contributed by atoms with Crippen molar-refractivity contribution in [3.8, 4) is 0 Å². The molecule has 1 rings (SSSR count). The molecule has 0 aliphatic heterocycles. The number of benzene rings is 1. The van der Waals surface area contributed by atoms with E-state index in [1.165, 1.54) is 6.07 Å². The van der Waals surface area contributed by atoms with Crippen molar-refractivity contribution in [2.75, 3.05) is 25.1 Å². The minimum atomic E-state index is -0.377. The largest absolute Gasteiger partial charge is 0.382 e. The van der Waals surface area contributed by atoms with Crippen molar-refractivity contribution in [1.82, 2.24) is 0 Å². The first-order chi connectivity index (χ1) is 8.52. The normalized spacial score (nSPS) is 10.1. The van der Waals surface area contributed by atoms with Gasteiger partial charge in [0.1, 0.15) is 0 Å². The summed E-state index contributed by atoms with van der Waals surface area (Å²) >= 11 is 0. The second kappa shape index (κ2) is 6.76. The number of hydrogen-bond donors (Lipinski definition) is 1. The molecule has 0 saturated heterocycles. The van der Waals surface area contributed by atoms with Crippen LogP contribution < -0.4 is 5.32 Å². The Labute approximate surface area is 107 Å². The molecule has 0 bridgehead atoms. The number of nitrogens with one attached hydrogen (secondary N) is 1. The number of nitro groups is 1. The SMILES string of the molecule is C=C(C)COCCNc1cccc([N+](=O)[O-])c1C. The van der Waals surface area contributed by atoms with E-state index in [9.17, 15) is 10.1 Å². The van der Waals surface area contributed by atoms with Gasteiger partial charge in [-0.15, -0.1) is 0 Å². The number of hydrogen-bond acceptors (Lipinski definition) is 4. The zero-order valence-electron chi connectivity index (χ0n) is 10.7. The van der Waals surface area contributed by atoms with E-state index in [1.807, 2.05) is 13.0 Å². The summed E-state index contributed by atoms with van der Waals surface area (Å²) in [5, 5.41) is 13.9. The molecule has 1 aromatic rings. The van der Waals surface area contributed by atoms with Crippen LogP contribution in [0.1, 0.15) is 12.5 Å². The molecule has 1 aromatic carbocycles. The third-order valence-corrected chi connectivity index (χ3v) is 2.41. The lowest BCUT2D eigenvalue weighted by molar-refractivity contribution is -0.385. The Morgan fingerprint density at radius 1 is 1.56 bits per heavy atom. The number of anilines is 1. The van der Waals surface area contributed by atoms with Crippen LogP contribution in [-0.2, 0) is 4.74 Å². The highest BCUT2D eigenvalue weighted by Gasteiger charge is 2.12. The van der Waals surface area contributed by atoms with Gasteiger partial charge in [-0.1, -0.05) is 18.2 Å². The van der Waals surface area contributed by atoms with Gasteiger partial charge in [-0.3, -0.25) is 10.1 Å². The molecule has 98 valence electrons. The summed E-state index contributed by atoms with van der Waals surface area (Å²) in [7, 11) is 0. The van der Waals surface area contributed by atoms with Crippen LogP contribution in [0.3, 0.4) is 0 Å². The summed E-state index contributed by atoms with van der Waals surface area (Å²) < 4.78 is 5.34. The summed E-state index contributed by atoms with van der Waals surface area (Å²) in [6.07, 6.45) is 0. The fraction of sp³-hybridized carbons (Fsp3) is 0.385. The molecule has 1 N–H and O–H groups in total. The van der Waals surface area contributed by atoms with Crippen molar-refractivity contribution in [1.29, 1.82) is 0 Å². The van der Waals surface area contributed by atoms with E-state index >= 15 is 0 Å². The lowest BCUT2D eigenvalue weighted by atomic mass is 10.1. The third kappa shape index (κ3) is 4.18. The van der Waals surface area contributed by atoms with Gasteiger partial charge in [0.25, 0.3) is 5.69 Å². The van der Waals surface area contributed by atoms with Gasteiger partial charge in [0.15, 0.2) is 0 Å². The average Bonchev–Trinajstić information content (AvgIpc) is 2.30.